The minimum absolute atomic E-state index is 0.0381. The third kappa shape index (κ3) is 3.50. The largest absolute Gasteiger partial charge is 0.394 e. The SMILES string of the molecule is CC(C(=O)NC1CC1)N1CCC(c2ccnn2CCO)CC1. The van der Waals surface area contributed by atoms with Crippen molar-refractivity contribution in [2.24, 2.45) is 0 Å². The fourth-order valence-corrected chi connectivity index (χ4v) is 3.27. The summed E-state index contributed by atoms with van der Waals surface area (Å²) < 4.78 is 1.91. The number of nitrogens with zero attached hydrogens (tertiary/aromatic N) is 3. The van der Waals surface area contributed by atoms with E-state index in [1.165, 1.54) is 5.69 Å². The predicted molar refractivity (Wildman–Crippen MR) is 83.5 cm³/mol. The minimum atomic E-state index is -0.0381. The molecule has 1 saturated heterocycles. The Labute approximate surface area is 131 Å². The van der Waals surface area contributed by atoms with Crippen LogP contribution < -0.4 is 5.32 Å². The van der Waals surface area contributed by atoms with Crippen LogP contribution in [0.2, 0.25) is 0 Å². The first kappa shape index (κ1) is 15.5. The van der Waals surface area contributed by atoms with E-state index in [0.717, 1.165) is 38.8 Å². The maximum atomic E-state index is 12.1. The Hall–Kier alpha value is -1.40. The van der Waals surface area contributed by atoms with E-state index in [-0.39, 0.29) is 18.6 Å². The van der Waals surface area contributed by atoms with Gasteiger partial charge in [-0.05, 0) is 51.8 Å². The number of hydrogen-bond donors (Lipinski definition) is 2. The van der Waals surface area contributed by atoms with Crippen molar-refractivity contribution < 1.29 is 9.90 Å². The van der Waals surface area contributed by atoms with E-state index < -0.39 is 0 Å². The number of carbonyl (C=O) groups is 1. The fraction of sp³-hybridized carbons (Fsp3) is 0.750. The Morgan fingerprint density at radius 1 is 1.41 bits per heavy atom. The summed E-state index contributed by atoms with van der Waals surface area (Å²) >= 11 is 0. The second kappa shape index (κ2) is 6.79. The smallest absolute Gasteiger partial charge is 0.237 e. The van der Waals surface area contributed by atoms with Gasteiger partial charge in [-0.1, -0.05) is 0 Å². The summed E-state index contributed by atoms with van der Waals surface area (Å²) in [4.78, 5) is 14.4. The predicted octanol–water partition coefficient (Wildman–Crippen LogP) is 0.722. The van der Waals surface area contributed by atoms with Gasteiger partial charge in [-0.15, -0.1) is 0 Å². The Kier molecular flexibility index (Phi) is 4.78. The number of piperidine rings is 1. The molecule has 1 aliphatic heterocycles. The van der Waals surface area contributed by atoms with Crippen LogP contribution in [0.1, 0.15) is 44.2 Å². The molecule has 3 rings (SSSR count). The molecule has 2 fully saturated rings. The van der Waals surface area contributed by atoms with Gasteiger partial charge >= 0.3 is 0 Å². The lowest BCUT2D eigenvalue weighted by atomic mass is 9.92. The van der Waals surface area contributed by atoms with E-state index >= 15 is 0 Å². The van der Waals surface area contributed by atoms with Crippen molar-refractivity contribution in [2.45, 2.75) is 57.2 Å². The molecule has 0 bridgehead atoms. The van der Waals surface area contributed by atoms with Gasteiger partial charge in [0, 0.05) is 23.9 Å². The number of carbonyl (C=O) groups excluding carboxylic acids is 1. The van der Waals surface area contributed by atoms with Gasteiger partial charge in [0.2, 0.25) is 5.91 Å². The standard InChI is InChI=1S/C16H26N4O2/c1-12(16(22)18-14-2-3-14)19-8-5-13(6-9-19)15-4-7-17-20(15)10-11-21/h4,7,12-14,21H,2-3,5-6,8-11H2,1H3,(H,18,22). The number of nitrogens with one attached hydrogen (secondary N) is 1. The number of amides is 1. The number of rotatable bonds is 6. The van der Waals surface area contributed by atoms with Crippen LogP contribution in [0.15, 0.2) is 12.3 Å². The second-order valence-corrected chi connectivity index (χ2v) is 6.47. The molecule has 1 aliphatic carbocycles. The van der Waals surface area contributed by atoms with Gasteiger partial charge in [0.15, 0.2) is 0 Å². The van der Waals surface area contributed by atoms with Crippen molar-refractivity contribution in [1.82, 2.24) is 20.0 Å². The molecule has 6 nitrogen and oxygen atoms in total. The van der Waals surface area contributed by atoms with E-state index in [2.05, 4.69) is 21.4 Å². The van der Waals surface area contributed by atoms with E-state index in [0.29, 0.717) is 18.5 Å². The zero-order chi connectivity index (χ0) is 15.5. The molecule has 1 unspecified atom stereocenters. The molecular formula is C16H26N4O2. The lowest BCUT2D eigenvalue weighted by Crippen LogP contribution is -2.48. The van der Waals surface area contributed by atoms with E-state index in [9.17, 15) is 4.79 Å². The molecular weight excluding hydrogens is 280 g/mol. The molecule has 22 heavy (non-hydrogen) atoms. The van der Waals surface area contributed by atoms with Crippen LogP contribution in [0, 0.1) is 0 Å². The van der Waals surface area contributed by atoms with Gasteiger partial charge < -0.3 is 10.4 Å². The van der Waals surface area contributed by atoms with Gasteiger partial charge in [-0.2, -0.15) is 5.10 Å². The molecule has 6 heteroatoms. The van der Waals surface area contributed by atoms with Gasteiger partial charge in [-0.3, -0.25) is 14.4 Å². The Bertz CT molecular complexity index is 504. The van der Waals surface area contributed by atoms with Crippen molar-refractivity contribution in [3.05, 3.63) is 18.0 Å². The summed E-state index contributed by atoms with van der Waals surface area (Å²) in [5.74, 6) is 0.648. The lowest BCUT2D eigenvalue weighted by molar-refractivity contribution is -0.126. The lowest BCUT2D eigenvalue weighted by Gasteiger charge is -2.35. The summed E-state index contributed by atoms with van der Waals surface area (Å²) in [5.41, 5.74) is 1.21. The summed E-state index contributed by atoms with van der Waals surface area (Å²) in [6.07, 6.45) is 6.16. The maximum absolute atomic E-state index is 12.1. The monoisotopic (exact) mass is 306 g/mol. The van der Waals surface area contributed by atoms with Crippen molar-refractivity contribution in [1.29, 1.82) is 0 Å². The highest BCUT2D eigenvalue weighted by atomic mass is 16.3. The first-order valence-corrected chi connectivity index (χ1v) is 8.36. The molecule has 2 heterocycles. The quantitative estimate of drug-likeness (QED) is 0.812. The molecule has 1 aromatic heterocycles. The molecule has 2 aliphatic rings. The third-order valence-electron chi connectivity index (χ3n) is 4.86. The third-order valence-corrected chi connectivity index (χ3v) is 4.86. The van der Waals surface area contributed by atoms with E-state index in [4.69, 9.17) is 5.11 Å². The van der Waals surface area contributed by atoms with Crippen LogP contribution in [0.25, 0.3) is 0 Å². The molecule has 2 N–H and O–H groups in total. The molecule has 122 valence electrons. The number of hydrogen-bond acceptors (Lipinski definition) is 4. The van der Waals surface area contributed by atoms with Crippen LogP contribution >= 0.6 is 0 Å². The number of aliphatic hydroxyl groups excluding tert-OH is 1. The van der Waals surface area contributed by atoms with Gasteiger partial charge in [0.25, 0.3) is 0 Å². The number of aliphatic hydroxyl groups is 1. The van der Waals surface area contributed by atoms with E-state index in [1.807, 2.05) is 17.8 Å². The first-order chi connectivity index (χ1) is 10.7. The normalized spacial score (nSPS) is 21.7. The second-order valence-electron chi connectivity index (χ2n) is 6.47. The zero-order valence-electron chi connectivity index (χ0n) is 13.2. The Balaban J connectivity index is 1.53. The van der Waals surface area contributed by atoms with E-state index in [1.54, 1.807) is 0 Å². The topological polar surface area (TPSA) is 70.4 Å². The summed E-state index contributed by atoms with van der Waals surface area (Å²) in [5, 5.41) is 16.5. The summed E-state index contributed by atoms with van der Waals surface area (Å²) in [6.45, 7) is 4.56. The van der Waals surface area contributed by atoms with Crippen molar-refractivity contribution in [3.63, 3.8) is 0 Å². The van der Waals surface area contributed by atoms with Crippen LogP contribution in [0.4, 0.5) is 0 Å². The fourth-order valence-electron chi connectivity index (χ4n) is 3.27. The van der Waals surface area contributed by atoms with Gasteiger partial charge in [0.05, 0.1) is 19.2 Å². The van der Waals surface area contributed by atoms with Gasteiger partial charge in [-0.25, -0.2) is 0 Å². The summed E-state index contributed by atoms with van der Waals surface area (Å²) in [6, 6.07) is 2.45. The first-order valence-electron chi connectivity index (χ1n) is 8.36. The molecule has 1 atom stereocenters. The van der Waals surface area contributed by atoms with Crippen LogP contribution in [-0.4, -0.2) is 57.5 Å². The van der Waals surface area contributed by atoms with Crippen LogP contribution in [-0.2, 0) is 11.3 Å². The van der Waals surface area contributed by atoms with Crippen molar-refractivity contribution in [3.8, 4) is 0 Å². The number of likely N-dealkylation sites (tertiary alicyclic amines) is 1. The maximum Gasteiger partial charge on any atom is 0.237 e. The number of aromatic nitrogens is 2. The molecule has 0 radical (unpaired) electrons. The zero-order valence-corrected chi connectivity index (χ0v) is 13.2. The highest BCUT2D eigenvalue weighted by Gasteiger charge is 2.31. The van der Waals surface area contributed by atoms with Crippen LogP contribution in [0.3, 0.4) is 0 Å². The van der Waals surface area contributed by atoms with Crippen LogP contribution in [0.5, 0.6) is 0 Å². The molecule has 0 spiro atoms. The minimum Gasteiger partial charge on any atom is -0.394 e. The van der Waals surface area contributed by atoms with Gasteiger partial charge in [0.1, 0.15) is 0 Å². The van der Waals surface area contributed by atoms with Crippen molar-refractivity contribution >= 4 is 5.91 Å². The molecule has 1 saturated carbocycles. The summed E-state index contributed by atoms with van der Waals surface area (Å²) in [7, 11) is 0. The Morgan fingerprint density at radius 3 is 2.77 bits per heavy atom. The highest BCUT2D eigenvalue weighted by molar-refractivity contribution is 5.81. The molecule has 1 aromatic rings. The average molecular weight is 306 g/mol. The molecule has 1 amide bonds. The average Bonchev–Trinajstić information content (AvgIpc) is 3.23. The van der Waals surface area contributed by atoms with Crippen molar-refractivity contribution in [2.75, 3.05) is 19.7 Å². The Morgan fingerprint density at radius 2 is 2.14 bits per heavy atom. The highest BCUT2D eigenvalue weighted by Crippen LogP contribution is 2.29. The molecule has 0 aromatic carbocycles.